The Kier molecular flexibility index (Phi) is 5.64. The van der Waals surface area contributed by atoms with Crippen LogP contribution in [0.2, 0.25) is 0 Å². The Bertz CT molecular complexity index is 452. The topological polar surface area (TPSA) is 42.2 Å². The van der Waals surface area contributed by atoms with E-state index in [2.05, 4.69) is 0 Å². The second-order valence-corrected chi connectivity index (χ2v) is 3.92. The molecule has 0 amide bonds. The zero-order chi connectivity index (χ0) is 14.3. The lowest BCUT2D eigenvalue weighted by Gasteiger charge is -2.08. The summed E-state index contributed by atoms with van der Waals surface area (Å²) in [4.78, 5) is 0. The van der Waals surface area contributed by atoms with E-state index in [1.165, 1.54) is 7.11 Å². The van der Waals surface area contributed by atoms with Crippen molar-refractivity contribution in [1.29, 1.82) is 5.26 Å². The van der Waals surface area contributed by atoms with Crippen molar-refractivity contribution in [2.45, 2.75) is 25.6 Å². The zero-order valence-electron chi connectivity index (χ0n) is 10.5. The molecule has 0 fully saturated rings. The van der Waals surface area contributed by atoms with Crippen LogP contribution in [-0.2, 0) is 11.3 Å². The Morgan fingerprint density at radius 2 is 2.05 bits per heavy atom. The first-order chi connectivity index (χ1) is 8.96. The van der Waals surface area contributed by atoms with Crippen LogP contribution in [0.5, 0.6) is 5.75 Å². The minimum Gasteiger partial charge on any atom is -0.495 e. The normalized spacial score (nSPS) is 11.1. The maximum absolute atomic E-state index is 11.9. The van der Waals surface area contributed by atoms with Gasteiger partial charge in [-0.25, -0.2) is 0 Å². The Hall–Kier alpha value is -1.74. The minimum atomic E-state index is -4.14. The Labute approximate surface area is 109 Å². The van der Waals surface area contributed by atoms with Crippen LogP contribution in [0, 0.1) is 11.3 Å². The van der Waals surface area contributed by atoms with Crippen molar-refractivity contribution in [3.63, 3.8) is 0 Å². The Balaban J connectivity index is 2.40. The molecule has 0 unspecified atom stereocenters. The summed E-state index contributed by atoms with van der Waals surface area (Å²) in [6.07, 6.45) is -5.04. The first kappa shape index (κ1) is 15.3. The Morgan fingerprint density at radius 1 is 1.32 bits per heavy atom. The molecule has 0 N–H and O–H groups in total. The van der Waals surface area contributed by atoms with Crippen molar-refractivity contribution < 1.29 is 22.6 Å². The number of hydrogen-bond donors (Lipinski definition) is 0. The minimum absolute atomic E-state index is 0.0435. The molecule has 0 saturated heterocycles. The number of rotatable bonds is 6. The second-order valence-electron chi connectivity index (χ2n) is 3.92. The molecule has 0 aliphatic heterocycles. The third-order valence-corrected chi connectivity index (χ3v) is 2.40. The van der Waals surface area contributed by atoms with Crippen LogP contribution >= 0.6 is 0 Å². The molecule has 0 bridgehead atoms. The lowest BCUT2D eigenvalue weighted by Crippen LogP contribution is -2.08. The number of benzene rings is 1. The summed E-state index contributed by atoms with van der Waals surface area (Å²) in [5.41, 5.74) is 1.16. The maximum atomic E-state index is 11.9. The predicted molar refractivity (Wildman–Crippen MR) is 62.7 cm³/mol. The molecule has 0 aliphatic rings. The van der Waals surface area contributed by atoms with Crippen molar-refractivity contribution in [1.82, 2.24) is 0 Å². The second kappa shape index (κ2) is 7.00. The van der Waals surface area contributed by atoms with Gasteiger partial charge >= 0.3 is 6.18 Å². The molecule has 0 radical (unpaired) electrons. The summed E-state index contributed by atoms with van der Waals surface area (Å²) >= 11 is 0. The number of methoxy groups -OCH3 is 1. The first-order valence-corrected chi connectivity index (χ1v) is 5.68. The molecule has 0 atom stereocenters. The van der Waals surface area contributed by atoms with Crippen molar-refractivity contribution in [3.05, 3.63) is 29.3 Å². The van der Waals surface area contributed by atoms with Gasteiger partial charge in [0.15, 0.2) is 0 Å². The molecule has 104 valence electrons. The molecule has 6 heteroatoms. The highest BCUT2D eigenvalue weighted by molar-refractivity contribution is 5.45. The van der Waals surface area contributed by atoms with E-state index in [9.17, 15) is 13.2 Å². The fourth-order valence-corrected chi connectivity index (χ4v) is 1.48. The number of ether oxygens (including phenoxy) is 2. The summed E-state index contributed by atoms with van der Waals surface area (Å²) in [5, 5.41) is 8.79. The van der Waals surface area contributed by atoms with Gasteiger partial charge in [0.25, 0.3) is 0 Å². The molecular weight excluding hydrogens is 259 g/mol. The standard InChI is InChI=1S/C13H14F3NO2/c1-18-12-7-10(3-4-11(12)8-17)9-19-6-2-5-13(14,15)16/h3-4,7H,2,5-6,9H2,1H3. The van der Waals surface area contributed by atoms with Crippen LogP contribution in [-0.4, -0.2) is 19.9 Å². The van der Waals surface area contributed by atoms with Gasteiger partial charge in [-0.1, -0.05) is 6.07 Å². The average molecular weight is 273 g/mol. The van der Waals surface area contributed by atoms with Gasteiger partial charge in [-0.3, -0.25) is 0 Å². The molecule has 3 nitrogen and oxygen atoms in total. The summed E-state index contributed by atoms with van der Waals surface area (Å²) < 4.78 is 45.8. The van der Waals surface area contributed by atoms with Crippen molar-refractivity contribution in [3.8, 4) is 11.8 Å². The van der Waals surface area contributed by atoms with Crippen LogP contribution in [0.4, 0.5) is 13.2 Å². The lowest BCUT2D eigenvalue weighted by atomic mass is 10.1. The van der Waals surface area contributed by atoms with Gasteiger partial charge in [0.05, 0.1) is 19.3 Å². The summed E-state index contributed by atoms with van der Waals surface area (Å²) in [6.45, 7) is 0.238. The van der Waals surface area contributed by atoms with E-state index in [1.807, 2.05) is 6.07 Å². The molecule has 1 aromatic rings. The molecule has 0 aliphatic carbocycles. The fraction of sp³-hybridized carbons (Fsp3) is 0.462. The van der Waals surface area contributed by atoms with E-state index in [-0.39, 0.29) is 19.6 Å². The van der Waals surface area contributed by atoms with Gasteiger partial charge in [0, 0.05) is 13.0 Å². The first-order valence-electron chi connectivity index (χ1n) is 5.68. The summed E-state index contributed by atoms with van der Waals surface area (Å²) in [6, 6.07) is 6.89. The highest BCUT2D eigenvalue weighted by atomic mass is 19.4. The van der Waals surface area contributed by atoms with E-state index < -0.39 is 12.6 Å². The summed E-state index contributed by atoms with van der Waals surface area (Å²) in [5.74, 6) is 0.430. The highest BCUT2D eigenvalue weighted by Gasteiger charge is 2.25. The number of hydrogen-bond acceptors (Lipinski definition) is 3. The van der Waals surface area contributed by atoms with Crippen LogP contribution in [0.15, 0.2) is 18.2 Å². The van der Waals surface area contributed by atoms with Crippen molar-refractivity contribution in [2.75, 3.05) is 13.7 Å². The molecule has 0 heterocycles. The summed E-state index contributed by atoms with van der Waals surface area (Å²) in [7, 11) is 1.45. The fourth-order valence-electron chi connectivity index (χ4n) is 1.48. The van der Waals surface area contributed by atoms with E-state index in [4.69, 9.17) is 14.7 Å². The number of nitrogens with zero attached hydrogens (tertiary/aromatic N) is 1. The quantitative estimate of drug-likeness (QED) is 0.746. The van der Waals surface area contributed by atoms with Gasteiger partial charge in [0.2, 0.25) is 0 Å². The molecule has 19 heavy (non-hydrogen) atoms. The van der Waals surface area contributed by atoms with Gasteiger partial charge in [0.1, 0.15) is 11.8 Å². The third-order valence-electron chi connectivity index (χ3n) is 2.40. The molecule has 0 saturated carbocycles. The van der Waals surface area contributed by atoms with Gasteiger partial charge in [-0.15, -0.1) is 0 Å². The molecule has 1 rings (SSSR count). The monoisotopic (exact) mass is 273 g/mol. The van der Waals surface area contributed by atoms with E-state index >= 15 is 0 Å². The van der Waals surface area contributed by atoms with E-state index in [0.29, 0.717) is 11.3 Å². The number of nitriles is 1. The third kappa shape index (κ3) is 5.62. The lowest BCUT2D eigenvalue weighted by molar-refractivity contribution is -0.138. The Morgan fingerprint density at radius 3 is 2.63 bits per heavy atom. The van der Waals surface area contributed by atoms with Crippen LogP contribution in [0.25, 0.3) is 0 Å². The van der Waals surface area contributed by atoms with Gasteiger partial charge < -0.3 is 9.47 Å². The van der Waals surface area contributed by atoms with Crippen LogP contribution in [0.3, 0.4) is 0 Å². The van der Waals surface area contributed by atoms with Crippen molar-refractivity contribution in [2.24, 2.45) is 0 Å². The predicted octanol–water partition coefficient (Wildman–Crippen LogP) is 3.43. The molecule has 1 aromatic carbocycles. The molecule has 0 aromatic heterocycles. The largest absolute Gasteiger partial charge is 0.495 e. The zero-order valence-corrected chi connectivity index (χ0v) is 10.5. The molecular formula is C13H14F3NO2. The SMILES string of the molecule is COc1cc(COCCCC(F)(F)F)ccc1C#N. The maximum Gasteiger partial charge on any atom is 0.389 e. The molecule has 0 spiro atoms. The smallest absolute Gasteiger partial charge is 0.389 e. The van der Waals surface area contributed by atoms with E-state index in [0.717, 1.165) is 5.56 Å². The highest BCUT2D eigenvalue weighted by Crippen LogP contribution is 2.22. The van der Waals surface area contributed by atoms with Gasteiger partial charge in [-0.2, -0.15) is 18.4 Å². The number of halogens is 3. The van der Waals surface area contributed by atoms with E-state index in [1.54, 1.807) is 18.2 Å². The van der Waals surface area contributed by atoms with Crippen LogP contribution < -0.4 is 4.74 Å². The van der Waals surface area contributed by atoms with Gasteiger partial charge in [-0.05, 0) is 24.1 Å². The van der Waals surface area contributed by atoms with Crippen molar-refractivity contribution >= 4 is 0 Å². The average Bonchev–Trinajstić information content (AvgIpc) is 2.36. The number of alkyl halides is 3. The van der Waals surface area contributed by atoms with Crippen LogP contribution in [0.1, 0.15) is 24.0 Å².